The molecule has 0 aliphatic carbocycles. The Labute approximate surface area is 106 Å². The van der Waals surface area contributed by atoms with Crippen molar-refractivity contribution in [3.8, 4) is 11.3 Å². The monoisotopic (exact) mass is 247 g/mol. The summed E-state index contributed by atoms with van der Waals surface area (Å²) in [5, 5.41) is 14.0. The molecule has 2 aromatic rings. The second-order valence-corrected chi connectivity index (χ2v) is 5.24. The number of aromatic nitrogens is 2. The van der Waals surface area contributed by atoms with Crippen molar-refractivity contribution in [3.05, 3.63) is 27.5 Å². The first-order valence-electron chi connectivity index (χ1n) is 5.76. The highest BCUT2D eigenvalue weighted by atomic mass is 32.1. The van der Waals surface area contributed by atoms with Crippen molar-refractivity contribution in [1.29, 1.82) is 0 Å². The van der Waals surface area contributed by atoms with Gasteiger partial charge in [0.15, 0.2) is 5.82 Å². The van der Waals surface area contributed by atoms with Gasteiger partial charge in [-0.3, -0.25) is 0 Å². The highest BCUT2D eigenvalue weighted by molar-refractivity contribution is 7.10. The quantitative estimate of drug-likeness (QED) is 0.901. The van der Waals surface area contributed by atoms with Gasteiger partial charge in [0, 0.05) is 22.4 Å². The van der Waals surface area contributed by atoms with E-state index in [0.717, 1.165) is 18.1 Å². The molecule has 0 aliphatic rings. The molecule has 90 valence electrons. The molecule has 0 amide bonds. The molecule has 0 aliphatic heterocycles. The minimum Gasteiger partial charge on any atom is -0.369 e. The molecule has 0 saturated heterocycles. The summed E-state index contributed by atoms with van der Waals surface area (Å²) in [6.07, 6.45) is 0. The van der Waals surface area contributed by atoms with Gasteiger partial charge in [0.25, 0.3) is 0 Å². The van der Waals surface area contributed by atoms with E-state index in [4.69, 9.17) is 0 Å². The van der Waals surface area contributed by atoms with Crippen LogP contribution in [0.4, 0.5) is 5.82 Å². The Kier molecular flexibility index (Phi) is 3.43. The molecule has 17 heavy (non-hydrogen) atoms. The van der Waals surface area contributed by atoms with Crippen LogP contribution in [0.2, 0.25) is 0 Å². The van der Waals surface area contributed by atoms with Crippen LogP contribution in [0.5, 0.6) is 0 Å². The zero-order valence-corrected chi connectivity index (χ0v) is 11.5. The second kappa shape index (κ2) is 4.84. The molecule has 0 atom stereocenters. The summed E-state index contributed by atoms with van der Waals surface area (Å²) in [5.41, 5.74) is 4.55. The van der Waals surface area contributed by atoms with Crippen molar-refractivity contribution in [2.24, 2.45) is 0 Å². The standard InChI is InChI=1S/C13H17N3S/c1-5-14-13-10(4)9(3)12(15-16-13)11-6-8(2)17-7-11/h6-7H,5H2,1-4H3,(H,14,16). The highest BCUT2D eigenvalue weighted by Gasteiger charge is 2.11. The Morgan fingerprint density at radius 3 is 2.53 bits per heavy atom. The van der Waals surface area contributed by atoms with E-state index < -0.39 is 0 Å². The number of hydrogen-bond donors (Lipinski definition) is 1. The summed E-state index contributed by atoms with van der Waals surface area (Å²) >= 11 is 1.74. The van der Waals surface area contributed by atoms with Crippen LogP contribution in [0.15, 0.2) is 11.4 Å². The van der Waals surface area contributed by atoms with Gasteiger partial charge in [0.1, 0.15) is 0 Å². The molecule has 4 heteroatoms. The third kappa shape index (κ3) is 2.31. The van der Waals surface area contributed by atoms with E-state index in [-0.39, 0.29) is 0 Å². The smallest absolute Gasteiger partial charge is 0.151 e. The molecular weight excluding hydrogens is 230 g/mol. The normalized spacial score (nSPS) is 10.6. The molecule has 0 fully saturated rings. The number of nitrogens with zero attached hydrogens (tertiary/aromatic N) is 2. The molecule has 1 N–H and O–H groups in total. The first-order chi connectivity index (χ1) is 8.13. The van der Waals surface area contributed by atoms with E-state index >= 15 is 0 Å². The fourth-order valence-corrected chi connectivity index (χ4v) is 2.47. The van der Waals surface area contributed by atoms with E-state index in [2.05, 4.69) is 54.7 Å². The largest absolute Gasteiger partial charge is 0.369 e. The van der Waals surface area contributed by atoms with Crippen LogP contribution in [-0.2, 0) is 0 Å². The fourth-order valence-electron chi connectivity index (χ4n) is 1.78. The first-order valence-corrected chi connectivity index (χ1v) is 6.64. The van der Waals surface area contributed by atoms with Gasteiger partial charge < -0.3 is 5.32 Å². The van der Waals surface area contributed by atoms with E-state index in [1.165, 1.54) is 21.6 Å². The lowest BCUT2D eigenvalue weighted by Crippen LogP contribution is -2.05. The lowest BCUT2D eigenvalue weighted by molar-refractivity contribution is 0.987. The number of hydrogen-bond acceptors (Lipinski definition) is 4. The molecular formula is C13H17N3S. The Morgan fingerprint density at radius 1 is 1.18 bits per heavy atom. The minimum atomic E-state index is 0.867. The van der Waals surface area contributed by atoms with Gasteiger partial charge in [-0.2, -0.15) is 0 Å². The van der Waals surface area contributed by atoms with Crippen molar-refractivity contribution in [3.63, 3.8) is 0 Å². The van der Waals surface area contributed by atoms with Crippen molar-refractivity contribution in [2.45, 2.75) is 27.7 Å². The van der Waals surface area contributed by atoms with Gasteiger partial charge in [-0.25, -0.2) is 0 Å². The lowest BCUT2D eigenvalue weighted by Gasteiger charge is -2.10. The van der Waals surface area contributed by atoms with Crippen molar-refractivity contribution < 1.29 is 0 Å². The van der Waals surface area contributed by atoms with Crippen molar-refractivity contribution in [1.82, 2.24) is 10.2 Å². The summed E-state index contributed by atoms with van der Waals surface area (Å²) in [7, 11) is 0. The van der Waals surface area contributed by atoms with Gasteiger partial charge in [0.2, 0.25) is 0 Å². The van der Waals surface area contributed by atoms with Crippen molar-refractivity contribution in [2.75, 3.05) is 11.9 Å². The van der Waals surface area contributed by atoms with Gasteiger partial charge >= 0.3 is 0 Å². The predicted molar refractivity (Wildman–Crippen MR) is 73.7 cm³/mol. The fraction of sp³-hybridized carbons (Fsp3) is 0.385. The Balaban J connectivity index is 2.47. The number of nitrogens with one attached hydrogen (secondary N) is 1. The summed E-state index contributed by atoms with van der Waals surface area (Å²) in [4.78, 5) is 1.30. The zero-order chi connectivity index (χ0) is 12.4. The zero-order valence-electron chi connectivity index (χ0n) is 10.7. The predicted octanol–water partition coefficient (Wildman–Crippen LogP) is 3.56. The molecule has 2 rings (SSSR count). The van der Waals surface area contributed by atoms with Crippen molar-refractivity contribution >= 4 is 17.2 Å². The maximum atomic E-state index is 4.34. The molecule has 3 nitrogen and oxygen atoms in total. The highest BCUT2D eigenvalue weighted by Crippen LogP contribution is 2.28. The molecule has 0 spiro atoms. The number of aryl methyl sites for hydroxylation is 1. The summed E-state index contributed by atoms with van der Waals surface area (Å²) in [6, 6.07) is 2.16. The van der Waals surface area contributed by atoms with Gasteiger partial charge in [0.05, 0.1) is 5.69 Å². The maximum Gasteiger partial charge on any atom is 0.151 e. The second-order valence-electron chi connectivity index (χ2n) is 4.12. The third-order valence-corrected chi connectivity index (χ3v) is 3.73. The third-order valence-electron chi connectivity index (χ3n) is 2.87. The SMILES string of the molecule is CCNc1nnc(-c2csc(C)c2)c(C)c1C. The average Bonchev–Trinajstić information content (AvgIpc) is 2.72. The van der Waals surface area contributed by atoms with Crippen LogP contribution in [-0.4, -0.2) is 16.7 Å². The Bertz CT molecular complexity index is 531. The average molecular weight is 247 g/mol. The lowest BCUT2D eigenvalue weighted by atomic mass is 10.1. The summed E-state index contributed by atoms with van der Waals surface area (Å²) in [6.45, 7) is 9.23. The van der Waals surface area contributed by atoms with Gasteiger partial charge in [-0.1, -0.05) is 0 Å². The summed E-state index contributed by atoms with van der Waals surface area (Å²) < 4.78 is 0. The first kappa shape index (κ1) is 12.0. The van der Waals surface area contributed by atoms with Crippen LogP contribution in [0.1, 0.15) is 22.9 Å². The molecule has 2 heterocycles. The molecule has 0 radical (unpaired) electrons. The van der Waals surface area contributed by atoms with Crippen LogP contribution >= 0.6 is 11.3 Å². The van der Waals surface area contributed by atoms with Crippen LogP contribution in [0.3, 0.4) is 0 Å². The van der Waals surface area contributed by atoms with E-state index in [1.807, 2.05) is 0 Å². The molecule has 0 unspecified atom stereocenters. The number of thiophene rings is 1. The van der Waals surface area contributed by atoms with E-state index in [9.17, 15) is 0 Å². The number of rotatable bonds is 3. The molecule has 0 aromatic carbocycles. The molecule has 0 bridgehead atoms. The van der Waals surface area contributed by atoms with Crippen LogP contribution in [0.25, 0.3) is 11.3 Å². The Hall–Kier alpha value is -1.42. The molecule has 2 aromatic heterocycles. The van der Waals surface area contributed by atoms with Crippen LogP contribution in [0, 0.1) is 20.8 Å². The Morgan fingerprint density at radius 2 is 1.94 bits per heavy atom. The van der Waals surface area contributed by atoms with E-state index in [0.29, 0.717) is 0 Å². The van der Waals surface area contributed by atoms with Gasteiger partial charge in [-0.15, -0.1) is 21.5 Å². The summed E-state index contributed by atoms with van der Waals surface area (Å²) in [5.74, 6) is 0.890. The van der Waals surface area contributed by atoms with E-state index in [1.54, 1.807) is 11.3 Å². The van der Waals surface area contributed by atoms with Gasteiger partial charge in [-0.05, 0) is 44.9 Å². The minimum absolute atomic E-state index is 0.867. The van der Waals surface area contributed by atoms with Crippen LogP contribution < -0.4 is 5.32 Å². The topological polar surface area (TPSA) is 37.8 Å². The maximum absolute atomic E-state index is 4.34. The molecule has 0 saturated carbocycles. The number of anilines is 1.